The first-order valence-electron chi connectivity index (χ1n) is 2.38. The van der Waals surface area contributed by atoms with Crippen molar-refractivity contribution in [3.8, 4) is 11.8 Å². The number of thiol groups is 1. The first-order chi connectivity index (χ1) is 3.77. The lowest BCUT2D eigenvalue weighted by Crippen LogP contribution is -1.82. The van der Waals surface area contributed by atoms with Crippen molar-refractivity contribution in [2.24, 2.45) is 0 Å². The average Bonchev–Trinajstić information content (AvgIpc) is 1.66. The van der Waals surface area contributed by atoms with Gasteiger partial charge in [-0.05, 0) is 6.92 Å². The molecule has 0 heterocycles. The molecule has 8 heavy (non-hydrogen) atoms. The van der Waals surface area contributed by atoms with E-state index in [-0.39, 0.29) is 5.12 Å². The van der Waals surface area contributed by atoms with E-state index in [0.717, 1.165) is 0 Å². The van der Waals surface area contributed by atoms with Crippen LogP contribution in [0, 0.1) is 11.8 Å². The topological polar surface area (TPSA) is 17.1 Å². The summed E-state index contributed by atoms with van der Waals surface area (Å²) in [6.07, 6.45) is 1.10. The largest absolute Gasteiger partial charge is 0.287 e. The van der Waals surface area contributed by atoms with Crippen molar-refractivity contribution in [2.75, 3.05) is 0 Å². The maximum Gasteiger partial charge on any atom is 0.186 e. The Morgan fingerprint density at radius 3 is 2.75 bits per heavy atom. The summed E-state index contributed by atoms with van der Waals surface area (Å²) in [5.41, 5.74) is 0. The first-order valence-corrected chi connectivity index (χ1v) is 2.83. The molecule has 0 saturated carbocycles. The molecule has 0 aliphatic heterocycles. The molecule has 0 rings (SSSR count). The molecule has 0 fully saturated rings. The van der Waals surface area contributed by atoms with Gasteiger partial charge in [-0.25, -0.2) is 0 Å². The Balaban J connectivity index is 3.14. The Labute approximate surface area is 54.9 Å². The molecule has 0 atom stereocenters. The van der Waals surface area contributed by atoms with E-state index in [4.69, 9.17) is 0 Å². The highest BCUT2D eigenvalue weighted by atomic mass is 32.1. The van der Waals surface area contributed by atoms with E-state index in [1.54, 1.807) is 6.92 Å². The maximum absolute atomic E-state index is 10.1. The fraction of sp³-hybridized carbons (Fsp3) is 0.500. The van der Waals surface area contributed by atoms with Gasteiger partial charge in [-0.15, -0.1) is 24.5 Å². The SMILES string of the molecule is CC#CCCC(=O)S. The van der Waals surface area contributed by atoms with Gasteiger partial charge in [0.25, 0.3) is 0 Å². The fourth-order valence-corrected chi connectivity index (χ4v) is 0.406. The van der Waals surface area contributed by atoms with Crippen LogP contribution in [0.1, 0.15) is 19.8 Å². The monoisotopic (exact) mass is 128 g/mol. The summed E-state index contributed by atoms with van der Waals surface area (Å²) >= 11 is 3.56. The molecular weight excluding hydrogens is 120 g/mol. The normalized spacial score (nSPS) is 7.25. The lowest BCUT2D eigenvalue weighted by atomic mass is 10.3. The lowest BCUT2D eigenvalue weighted by molar-refractivity contribution is -0.110. The van der Waals surface area contributed by atoms with Gasteiger partial charge >= 0.3 is 0 Å². The second kappa shape index (κ2) is 4.73. The molecule has 0 spiro atoms. The number of hydrogen-bond acceptors (Lipinski definition) is 1. The van der Waals surface area contributed by atoms with E-state index >= 15 is 0 Å². The Hall–Kier alpha value is -0.420. The number of carbonyl (C=O) groups is 1. The molecule has 44 valence electrons. The summed E-state index contributed by atoms with van der Waals surface area (Å²) in [6, 6.07) is 0. The van der Waals surface area contributed by atoms with E-state index in [1.165, 1.54) is 0 Å². The molecular formula is C6H8OS. The van der Waals surface area contributed by atoms with E-state index in [9.17, 15) is 4.79 Å². The van der Waals surface area contributed by atoms with Gasteiger partial charge in [0.05, 0.1) is 0 Å². The van der Waals surface area contributed by atoms with Crippen molar-refractivity contribution in [3.63, 3.8) is 0 Å². The third kappa shape index (κ3) is 5.58. The minimum Gasteiger partial charge on any atom is -0.287 e. The van der Waals surface area contributed by atoms with Crippen molar-refractivity contribution >= 4 is 17.7 Å². The zero-order valence-electron chi connectivity index (χ0n) is 4.77. The summed E-state index contributed by atoms with van der Waals surface area (Å²) in [7, 11) is 0. The summed E-state index contributed by atoms with van der Waals surface area (Å²) in [5.74, 6) is 5.45. The van der Waals surface area contributed by atoms with Gasteiger partial charge in [0.15, 0.2) is 5.12 Å². The minimum absolute atomic E-state index is 0.0900. The minimum atomic E-state index is -0.0900. The van der Waals surface area contributed by atoms with Crippen LogP contribution in [0.2, 0.25) is 0 Å². The van der Waals surface area contributed by atoms with Crippen molar-refractivity contribution < 1.29 is 4.79 Å². The standard InChI is InChI=1S/C6H8OS/c1-2-3-4-5-6(7)8/h4-5H2,1H3,(H,7,8). The summed E-state index contributed by atoms with van der Waals surface area (Å²) < 4.78 is 0. The molecule has 0 aromatic carbocycles. The predicted molar refractivity (Wildman–Crippen MR) is 36.7 cm³/mol. The molecule has 0 aliphatic rings. The van der Waals surface area contributed by atoms with Gasteiger partial charge < -0.3 is 0 Å². The fourth-order valence-electron chi connectivity index (χ4n) is 0.294. The van der Waals surface area contributed by atoms with E-state index in [0.29, 0.717) is 12.8 Å². The van der Waals surface area contributed by atoms with Crippen LogP contribution in [0.3, 0.4) is 0 Å². The second-order valence-corrected chi connectivity index (χ2v) is 1.82. The van der Waals surface area contributed by atoms with Gasteiger partial charge in [-0.1, -0.05) is 0 Å². The van der Waals surface area contributed by atoms with Crippen molar-refractivity contribution in [1.82, 2.24) is 0 Å². The summed E-state index contributed by atoms with van der Waals surface area (Å²) in [6.45, 7) is 1.75. The first kappa shape index (κ1) is 7.58. The Morgan fingerprint density at radius 2 is 2.38 bits per heavy atom. The van der Waals surface area contributed by atoms with Gasteiger partial charge in [0, 0.05) is 12.8 Å². The van der Waals surface area contributed by atoms with Crippen LogP contribution in [0.25, 0.3) is 0 Å². The average molecular weight is 128 g/mol. The highest BCUT2D eigenvalue weighted by Gasteiger charge is 1.87. The van der Waals surface area contributed by atoms with Crippen molar-refractivity contribution in [3.05, 3.63) is 0 Å². The third-order valence-corrected chi connectivity index (χ3v) is 0.864. The van der Waals surface area contributed by atoms with Crippen LogP contribution >= 0.6 is 12.6 Å². The van der Waals surface area contributed by atoms with Gasteiger partial charge in [-0.2, -0.15) is 0 Å². The van der Waals surface area contributed by atoms with Crippen LogP contribution in [-0.2, 0) is 4.79 Å². The van der Waals surface area contributed by atoms with Crippen molar-refractivity contribution in [1.29, 1.82) is 0 Å². The summed E-state index contributed by atoms with van der Waals surface area (Å²) in [5, 5.41) is -0.0900. The number of carbonyl (C=O) groups excluding carboxylic acids is 1. The van der Waals surface area contributed by atoms with Crippen molar-refractivity contribution in [2.45, 2.75) is 19.8 Å². The lowest BCUT2D eigenvalue weighted by Gasteiger charge is -1.80. The van der Waals surface area contributed by atoms with E-state index in [2.05, 4.69) is 24.5 Å². The van der Waals surface area contributed by atoms with Crippen LogP contribution < -0.4 is 0 Å². The molecule has 0 aliphatic carbocycles. The van der Waals surface area contributed by atoms with Crippen LogP contribution in [-0.4, -0.2) is 5.12 Å². The molecule has 1 nitrogen and oxygen atoms in total. The number of hydrogen-bond donors (Lipinski definition) is 1. The Morgan fingerprint density at radius 1 is 1.75 bits per heavy atom. The summed E-state index contributed by atoms with van der Waals surface area (Å²) in [4.78, 5) is 10.1. The van der Waals surface area contributed by atoms with Gasteiger partial charge in [0.2, 0.25) is 0 Å². The molecule has 0 aromatic heterocycles. The Kier molecular flexibility index (Phi) is 4.48. The highest BCUT2D eigenvalue weighted by molar-refractivity contribution is 7.96. The van der Waals surface area contributed by atoms with Crippen LogP contribution in [0.5, 0.6) is 0 Å². The Bertz CT molecular complexity index is 129. The van der Waals surface area contributed by atoms with Gasteiger partial charge in [0.1, 0.15) is 0 Å². The maximum atomic E-state index is 10.1. The molecule has 0 N–H and O–H groups in total. The third-order valence-electron chi connectivity index (χ3n) is 0.641. The van der Waals surface area contributed by atoms with E-state index in [1.807, 2.05) is 0 Å². The van der Waals surface area contributed by atoms with Gasteiger partial charge in [-0.3, -0.25) is 4.79 Å². The second-order valence-electron chi connectivity index (χ2n) is 1.32. The molecule has 0 aromatic rings. The molecule has 0 radical (unpaired) electrons. The molecule has 0 saturated heterocycles. The van der Waals surface area contributed by atoms with Crippen LogP contribution in [0.15, 0.2) is 0 Å². The predicted octanol–water partition coefficient (Wildman–Crippen LogP) is 1.25. The molecule has 2 heteroatoms. The zero-order valence-corrected chi connectivity index (χ0v) is 5.66. The zero-order chi connectivity index (χ0) is 6.41. The quantitative estimate of drug-likeness (QED) is 0.437. The molecule has 0 unspecified atom stereocenters. The molecule has 0 amide bonds. The highest BCUT2D eigenvalue weighted by Crippen LogP contribution is 1.90. The smallest absolute Gasteiger partial charge is 0.186 e. The van der Waals surface area contributed by atoms with Crippen LogP contribution in [0.4, 0.5) is 0 Å². The molecule has 0 bridgehead atoms. The van der Waals surface area contributed by atoms with E-state index < -0.39 is 0 Å². The number of rotatable bonds is 2.